The number of hydrogen-bond acceptors (Lipinski definition) is 6. The van der Waals surface area contributed by atoms with E-state index in [-0.39, 0.29) is 0 Å². The minimum Gasteiger partial charge on any atom is -0.464 e. The van der Waals surface area contributed by atoms with Crippen molar-refractivity contribution in [2.24, 2.45) is 0 Å². The van der Waals surface area contributed by atoms with Crippen LogP contribution in [0, 0.1) is 0 Å². The van der Waals surface area contributed by atoms with Crippen LogP contribution >= 0.6 is 0 Å². The highest BCUT2D eigenvalue weighted by Crippen LogP contribution is 2.12. The third-order valence-corrected chi connectivity index (χ3v) is 8.08. The molecule has 54 heavy (non-hydrogen) atoms. The molecule has 0 atom stereocenters. The molecule has 6 nitrogen and oxygen atoms in total. The highest BCUT2D eigenvalue weighted by Gasteiger charge is 2.07. The Kier molecular flexibility index (Phi) is 11.8. The van der Waals surface area contributed by atoms with E-state index in [1.165, 1.54) is 0 Å². The van der Waals surface area contributed by atoms with Crippen LogP contribution in [-0.4, -0.2) is 0 Å². The molecule has 0 radical (unpaired) electrons. The second kappa shape index (κ2) is 18.2. The first-order valence-electron chi connectivity index (χ1n) is 17.3. The molecule has 7 aromatic rings. The van der Waals surface area contributed by atoms with E-state index in [9.17, 15) is 0 Å². The Hall–Kier alpha value is -7.44. The van der Waals surface area contributed by atoms with Gasteiger partial charge in [0.15, 0.2) is 0 Å². The predicted octanol–water partition coefficient (Wildman–Crippen LogP) is 6.59. The molecule has 0 bridgehead atoms. The Balaban J connectivity index is 1.62. The molecular formula is C48H36O6. The zero-order valence-electron chi connectivity index (χ0n) is 29.2. The van der Waals surface area contributed by atoms with Gasteiger partial charge in [-0.2, -0.15) is 0 Å². The molecule has 0 saturated heterocycles. The second-order valence-corrected chi connectivity index (χ2v) is 11.8. The molecule has 0 aromatic heterocycles. The Morgan fingerprint density at radius 1 is 0.185 bits per heavy atom. The fourth-order valence-corrected chi connectivity index (χ4v) is 5.39. The molecule has 0 unspecified atom stereocenters. The zero-order chi connectivity index (χ0) is 36.6. The topological polar surface area (TPSA) is 55.4 Å². The summed E-state index contributed by atoms with van der Waals surface area (Å²) in [6.45, 7) is 0. The van der Waals surface area contributed by atoms with Crippen LogP contribution in [0.15, 0.2) is 182 Å². The van der Waals surface area contributed by atoms with Crippen molar-refractivity contribution in [3.8, 4) is 34.5 Å². The highest BCUT2D eigenvalue weighted by atomic mass is 16.5. The lowest BCUT2D eigenvalue weighted by Crippen LogP contribution is -2.66. The summed E-state index contributed by atoms with van der Waals surface area (Å²) in [6.07, 6.45) is 10.1. The van der Waals surface area contributed by atoms with Crippen molar-refractivity contribution < 1.29 is 28.4 Å². The lowest BCUT2D eigenvalue weighted by molar-refractivity contribution is 0.521. The van der Waals surface area contributed by atoms with Gasteiger partial charge in [0.1, 0.15) is 34.5 Å². The molecule has 0 aliphatic carbocycles. The number of benzene rings is 7. The molecule has 7 aromatic carbocycles. The molecule has 0 fully saturated rings. The van der Waals surface area contributed by atoms with Gasteiger partial charge in [0.05, 0.1) is 37.6 Å². The van der Waals surface area contributed by atoms with E-state index < -0.39 is 0 Å². The fourth-order valence-electron chi connectivity index (χ4n) is 5.39. The third-order valence-electron chi connectivity index (χ3n) is 8.08. The number of para-hydroxylation sites is 6. The Labute approximate surface area is 313 Å². The van der Waals surface area contributed by atoms with Gasteiger partial charge in [-0.15, -0.1) is 0 Å². The van der Waals surface area contributed by atoms with E-state index in [0.717, 1.165) is 0 Å². The molecule has 0 spiro atoms. The first-order chi connectivity index (χ1) is 26.8. The Bertz CT molecular complexity index is 2100. The maximum atomic E-state index is 6.36. The summed E-state index contributed by atoms with van der Waals surface area (Å²) in [5.41, 5.74) is 0. The van der Waals surface area contributed by atoms with E-state index in [1.807, 2.05) is 182 Å². The summed E-state index contributed by atoms with van der Waals surface area (Å²) < 4.78 is 38.1. The molecule has 264 valence electrons. The smallest absolute Gasteiger partial charge is 0.126 e. The van der Waals surface area contributed by atoms with Crippen LogP contribution in [0.1, 0.15) is 0 Å². The molecule has 0 N–H and O–H groups in total. The summed E-state index contributed by atoms with van der Waals surface area (Å²) in [7, 11) is 0. The van der Waals surface area contributed by atoms with Crippen molar-refractivity contribution in [1.29, 1.82) is 0 Å². The lowest BCUT2D eigenvalue weighted by Gasteiger charge is -2.08. The first-order valence-corrected chi connectivity index (χ1v) is 17.3. The monoisotopic (exact) mass is 708 g/mol. The van der Waals surface area contributed by atoms with E-state index in [4.69, 9.17) is 28.4 Å². The second-order valence-electron chi connectivity index (χ2n) is 11.8. The molecule has 6 heteroatoms. The van der Waals surface area contributed by atoms with Crippen LogP contribution in [0.2, 0.25) is 0 Å². The fraction of sp³-hybridized carbons (Fsp3) is 0. The molecule has 7 rings (SSSR count). The van der Waals surface area contributed by atoms with Crippen molar-refractivity contribution in [2.45, 2.75) is 0 Å². The van der Waals surface area contributed by atoms with E-state index in [0.29, 0.717) is 65.8 Å². The van der Waals surface area contributed by atoms with Crippen LogP contribution in [0.5, 0.6) is 34.5 Å². The highest BCUT2D eigenvalue weighted by molar-refractivity contribution is 5.45. The molecular weight excluding hydrogens is 673 g/mol. The van der Waals surface area contributed by atoms with Gasteiger partial charge in [-0.05, 0) is 72.8 Å². The zero-order valence-corrected chi connectivity index (χ0v) is 29.2. The summed E-state index contributed by atoms with van der Waals surface area (Å²) >= 11 is 0. The summed E-state index contributed by atoms with van der Waals surface area (Å²) in [4.78, 5) is 0. The van der Waals surface area contributed by atoms with Gasteiger partial charge in [-0.25, -0.2) is 0 Å². The van der Waals surface area contributed by atoms with Crippen LogP contribution in [0.25, 0.3) is 37.6 Å². The number of hydrogen-bond donors (Lipinski definition) is 0. The van der Waals surface area contributed by atoms with Gasteiger partial charge >= 0.3 is 0 Å². The maximum absolute atomic E-state index is 6.36. The quantitative estimate of drug-likeness (QED) is 0.143. The van der Waals surface area contributed by atoms with Crippen LogP contribution in [0.4, 0.5) is 0 Å². The van der Waals surface area contributed by atoms with E-state index >= 15 is 0 Å². The molecule has 0 saturated carbocycles. The van der Waals surface area contributed by atoms with Crippen molar-refractivity contribution >= 4 is 37.6 Å². The number of rotatable bonds is 12. The normalized spacial score (nSPS) is 10.2. The van der Waals surface area contributed by atoms with E-state index in [1.54, 1.807) is 37.6 Å². The molecule has 0 heterocycles. The largest absolute Gasteiger partial charge is 0.464 e. The minimum atomic E-state index is 0.619. The summed E-state index contributed by atoms with van der Waals surface area (Å²) in [5, 5.41) is 3.71. The molecule has 0 amide bonds. The van der Waals surface area contributed by atoms with Gasteiger partial charge < -0.3 is 28.4 Å². The van der Waals surface area contributed by atoms with Crippen LogP contribution in [-0.2, 0) is 0 Å². The van der Waals surface area contributed by atoms with Crippen molar-refractivity contribution in [3.63, 3.8) is 0 Å². The van der Waals surface area contributed by atoms with Gasteiger partial charge in [0.2, 0.25) is 0 Å². The van der Waals surface area contributed by atoms with Gasteiger partial charge in [0.25, 0.3) is 0 Å². The molecule has 0 aliphatic rings. The summed E-state index contributed by atoms with van der Waals surface area (Å²) in [6, 6.07) is 57.2. The average Bonchev–Trinajstić information content (AvgIpc) is 3.24. The first kappa shape index (κ1) is 35.0. The van der Waals surface area contributed by atoms with Gasteiger partial charge in [-0.3, -0.25) is 0 Å². The minimum absolute atomic E-state index is 0.619. The van der Waals surface area contributed by atoms with Crippen molar-refractivity contribution in [1.82, 2.24) is 0 Å². The van der Waals surface area contributed by atoms with Gasteiger partial charge in [-0.1, -0.05) is 109 Å². The van der Waals surface area contributed by atoms with Crippen LogP contribution < -0.4 is 59.7 Å². The summed E-state index contributed by atoms with van der Waals surface area (Å²) in [5.74, 6) is 3.85. The van der Waals surface area contributed by atoms with Crippen molar-refractivity contribution in [2.75, 3.05) is 0 Å². The van der Waals surface area contributed by atoms with Crippen LogP contribution in [0.3, 0.4) is 0 Å². The standard InChI is InChI=1S/C48H36O6/c1-7-19-37(20-8-1)49-31-43-44(32-50-38-21-9-2-10-22-38)46(34-52-40-25-13-4-14-26-40)48(36-54-42-29-17-6-18-30-42)47(35-53-41-27-15-5-16-28-41)45(43)33-51-39-23-11-3-12-24-39/h1-36H. The molecule has 0 aliphatic heterocycles. The Morgan fingerprint density at radius 3 is 0.444 bits per heavy atom. The van der Waals surface area contributed by atoms with Gasteiger partial charge in [0, 0.05) is 31.3 Å². The number of ether oxygens (including phenoxy) is 6. The lowest BCUT2D eigenvalue weighted by atomic mass is 10.1. The third kappa shape index (κ3) is 9.46. The maximum Gasteiger partial charge on any atom is 0.126 e. The average molecular weight is 709 g/mol. The van der Waals surface area contributed by atoms with Crippen molar-refractivity contribution in [3.05, 3.63) is 213 Å². The van der Waals surface area contributed by atoms with E-state index in [2.05, 4.69) is 0 Å². The Morgan fingerprint density at radius 2 is 0.315 bits per heavy atom. The predicted molar refractivity (Wildman–Crippen MR) is 213 cm³/mol. The SMILES string of the molecule is C(Oc1ccccc1)=c1c(=COc2ccccc2)c(=COc2ccccc2)c(=COc2ccccc2)c(=COc2ccccc2)c1=COc1ccccc1.